The van der Waals surface area contributed by atoms with E-state index in [1.165, 1.54) is 5.60 Å². The van der Waals surface area contributed by atoms with Gasteiger partial charge in [-0.2, -0.15) is 0 Å². The van der Waals surface area contributed by atoms with Gasteiger partial charge in [0.15, 0.2) is 7.28 Å². The molecule has 0 saturated carbocycles. The van der Waals surface area contributed by atoms with Crippen LogP contribution in [0.25, 0.3) is 0 Å². The molecule has 0 aromatic carbocycles. The Hall–Kier alpha value is -0.395. The van der Waals surface area contributed by atoms with Gasteiger partial charge in [0.1, 0.15) is 0 Å². The summed E-state index contributed by atoms with van der Waals surface area (Å²) in [6.07, 6.45) is 0. The van der Waals surface area contributed by atoms with Crippen molar-refractivity contribution in [3.05, 3.63) is 12.2 Å². The smallest absolute Gasteiger partial charge is 0.178 e. The molecule has 0 aliphatic carbocycles. The minimum atomic E-state index is 0.582. The number of hydrogen-bond donors (Lipinski definition) is 0. The van der Waals surface area contributed by atoms with Crippen molar-refractivity contribution in [2.45, 2.75) is 45.6 Å². The minimum absolute atomic E-state index is 0.582. The van der Waals surface area contributed by atoms with Gasteiger partial charge >= 0.3 is 0 Å². The molecule has 1 fully saturated rings. The standard InChI is InChI=1S/C9H17BN/c1-6(2)11-8(4)7(3)10-9(11)5/h6-8H,5H2,1-4H3/t7-,8+/m0/s1. The second-order valence-electron chi connectivity index (χ2n) is 3.76. The monoisotopic (exact) mass is 150 g/mol. The molecule has 0 amide bonds. The van der Waals surface area contributed by atoms with Crippen molar-refractivity contribution >= 4 is 7.28 Å². The Morgan fingerprint density at radius 1 is 1.45 bits per heavy atom. The maximum Gasteiger partial charge on any atom is 0.178 e. The van der Waals surface area contributed by atoms with Gasteiger partial charge in [-0.25, -0.2) is 0 Å². The Morgan fingerprint density at radius 2 is 2.00 bits per heavy atom. The fourth-order valence-electron chi connectivity index (χ4n) is 1.85. The minimum Gasteiger partial charge on any atom is -0.379 e. The van der Waals surface area contributed by atoms with E-state index in [-0.39, 0.29) is 0 Å². The van der Waals surface area contributed by atoms with Gasteiger partial charge in [0.2, 0.25) is 0 Å². The summed E-state index contributed by atoms with van der Waals surface area (Å²) in [4.78, 5) is 2.38. The molecule has 1 rings (SSSR count). The van der Waals surface area contributed by atoms with Gasteiger partial charge in [0, 0.05) is 12.1 Å². The highest BCUT2D eigenvalue weighted by Gasteiger charge is 2.31. The summed E-state index contributed by atoms with van der Waals surface area (Å²) in [7, 11) is 2.25. The fraction of sp³-hybridized carbons (Fsp3) is 0.778. The van der Waals surface area contributed by atoms with E-state index in [1.54, 1.807) is 0 Å². The van der Waals surface area contributed by atoms with Gasteiger partial charge < -0.3 is 4.90 Å². The Bertz CT molecular complexity index is 165. The van der Waals surface area contributed by atoms with E-state index >= 15 is 0 Å². The summed E-state index contributed by atoms with van der Waals surface area (Å²) in [6, 6.07) is 1.21. The highest BCUT2D eigenvalue weighted by molar-refractivity contribution is 6.48. The Kier molecular flexibility index (Phi) is 2.31. The summed E-state index contributed by atoms with van der Waals surface area (Å²) in [5, 5.41) is 0. The van der Waals surface area contributed by atoms with Gasteiger partial charge in [-0.05, 0) is 32.2 Å². The van der Waals surface area contributed by atoms with Gasteiger partial charge in [-0.15, -0.1) is 0 Å². The zero-order valence-corrected chi connectivity index (χ0v) is 7.96. The maximum absolute atomic E-state index is 4.03. The Balaban J connectivity index is 2.71. The first kappa shape index (κ1) is 8.70. The molecule has 1 nitrogen and oxygen atoms in total. The molecule has 0 N–H and O–H groups in total. The molecule has 2 heteroatoms. The second-order valence-corrected chi connectivity index (χ2v) is 3.76. The predicted octanol–water partition coefficient (Wildman–Crippen LogP) is 2.08. The quantitative estimate of drug-likeness (QED) is 0.517. The van der Waals surface area contributed by atoms with Crippen molar-refractivity contribution in [3.8, 4) is 0 Å². The molecular weight excluding hydrogens is 133 g/mol. The molecule has 0 aromatic rings. The van der Waals surface area contributed by atoms with Crippen LogP contribution in [0.4, 0.5) is 0 Å². The van der Waals surface area contributed by atoms with Crippen molar-refractivity contribution in [2.75, 3.05) is 0 Å². The number of hydrogen-bond acceptors (Lipinski definition) is 1. The molecule has 11 heavy (non-hydrogen) atoms. The molecule has 1 aliphatic heterocycles. The highest BCUT2D eigenvalue weighted by atomic mass is 15.2. The second kappa shape index (κ2) is 2.92. The van der Waals surface area contributed by atoms with Gasteiger partial charge in [-0.1, -0.05) is 13.5 Å². The van der Waals surface area contributed by atoms with Gasteiger partial charge in [-0.3, -0.25) is 0 Å². The summed E-state index contributed by atoms with van der Waals surface area (Å²) >= 11 is 0. The lowest BCUT2D eigenvalue weighted by Crippen LogP contribution is -2.32. The van der Waals surface area contributed by atoms with Crippen molar-refractivity contribution in [1.82, 2.24) is 4.90 Å². The van der Waals surface area contributed by atoms with Crippen molar-refractivity contribution in [1.29, 1.82) is 0 Å². The van der Waals surface area contributed by atoms with Crippen LogP contribution >= 0.6 is 0 Å². The lowest BCUT2D eigenvalue weighted by Gasteiger charge is -2.31. The van der Waals surface area contributed by atoms with Crippen LogP contribution in [0, 0.1) is 0 Å². The number of nitrogens with zero attached hydrogens (tertiary/aromatic N) is 1. The highest BCUT2D eigenvalue weighted by Crippen LogP contribution is 2.30. The molecule has 1 saturated heterocycles. The zero-order chi connectivity index (χ0) is 8.59. The van der Waals surface area contributed by atoms with Crippen LogP contribution in [0.1, 0.15) is 27.7 Å². The molecule has 1 aliphatic rings. The third-order valence-electron chi connectivity index (χ3n) is 2.54. The molecule has 0 unspecified atom stereocenters. The van der Waals surface area contributed by atoms with Crippen LogP contribution in [0.15, 0.2) is 12.2 Å². The predicted molar refractivity (Wildman–Crippen MR) is 50.8 cm³/mol. The SMILES string of the molecule is C=C1[B][C@@H](C)[C@@H](C)N1C(C)C. The lowest BCUT2D eigenvalue weighted by atomic mass is 9.65. The summed E-state index contributed by atoms with van der Waals surface area (Å²) in [5.74, 6) is 0.657. The Morgan fingerprint density at radius 3 is 2.18 bits per heavy atom. The fourth-order valence-corrected chi connectivity index (χ4v) is 1.85. The largest absolute Gasteiger partial charge is 0.379 e. The molecule has 0 bridgehead atoms. The van der Waals surface area contributed by atoms with Crippen molar-refractivity contribution in [3.63, 3.8) is 0 Å². The van der Waals surface area contributed by atoms with E-state index in [1.807, 2.05) is 0 Å². The Labute approximate surface area is 70.7 Å². The van der Waals surface area contributed by atoms with E-state index in [2.05, 4.69) is 46.5 Å². The average molecular weight is 150 g/mol. The lowest BCUT2D eigenvalue weighted by molar-refractivity contribution is 0.246. The normalized spacial score (nSPS) is 31.4. The summed E-state index contributed by atoms with van der Waals surface area (Å²) in [6.45, 7) is 13.0. The molecule has 2 atom stereocenters. The van der Waals surface area contributed by atoms with E-state index in [9.17, 15) is 0 Å². The summed E-state index contributed by atoms with van der Waals surface area (Å²) < 4.78 is 0. The zero-order valence-electron chi connectivity index (χ0n) is 7.96. The first-order valence-corrected chi connectivity index (χ1v) is 4.36. The van der Waals surface area contributed by atoms with Crippen molar-refractivity contribution in [2.24, 2.45) is 0 Å². The van der Waals surface area contributed by atoms with E-state index < -0.39 is 0 Å². The van der Waals surface area contributed by atoms with Crippen LogP contribution in [-0.2, 0) is 0 Å². The van der Waals surface area contributed by atoms with Gasteiger partial charge in [0.25, 0.3) is 0 Å². The van der Waals surface area contributed by atoms with Crippen LogP contribution in [-0.4, -0.2) is 24.3 Å². The van der Waals surface area contributed by atoms with Crippen molar-refractivity contribution < 1.29 is 0 Å². The van der Waals surface area contributed by atoms with Crippen LogP contribution in [0.5, 0.6) is 0 Å². The molecule has 61 valence electrons. The topological polar surface area (TPSA) is 3.24 Å². The first-order chi connectivity index (χ1) is 5.04. The number of rotatable bonds is 1. The van der Waals surface area contributed by atoms with E-state index in [0.717, 1.165) is 0 Å². The third-order valence-corrected chi connectivity index (χ3v) is 2.54. The molecule has 0 spiro atoms. The van der Waals surface area contributed by atoms with E-state index in [4.69, 9.17) is 0 Å². The molecule has 1 radical (unpaired) electrons. The average Bonchev–Trinajstić information content (AvgIpc) is 2.07. The summed E-state index contributed by atoms with van der Waals surface area (Å²) in [5.41, 5.74) is 1.19. The van der Waals surface area contributed by atoms with Crippen LogP contribution < -0.4 is 0 Å². The maximum atomic E-state index is 4.03. The first-order valence-electron chi connectivity index (χ1n) is 4.36. The van der Waals surface area contributed by atoms with Crippen LogP contribution in [0.2, 0.25) is 5.82 Å². The molecular formula is C9H17BN. The van der Waals surface area contributed by atoms with Crippen LogP contribution in [0.3, 0.4) is 0 Å². The third kappa shape index (κ3) is 1.45. The molecule has 0 aromatic heterocycles. The van der Waals surface area contributed by atoms with Gasteiger partial charge in [0.05, 0.1) is 0 Å². The molecule has 1 heterocycles. The van der Waals surface area contributed by atoms with E-state index in [0.29, 0.717) is 17.9 Å².